The maximum Gasteiger partial charge on any atom is 0.343 e. The molecule has 0 aliphatic rings. The summed E-state index contributed by atoms with van der Waals surface area (Å²) >= 11 is 6.97. The molecule has 4 nitrogen and oxygen atoms in total. The lowest BCUT2D eigenvalue weighted by molar-refractivity contribution is 0.0734. The van der Waals surface area contributed by atoms with E-state index in [2.05, 4.69) is 6.92 Å². The topological polar surface area (TPSA) is 52.6 Å². The molecule has 6 heteroatoms. The lowest BCUT2D eigenvalue weighted by Gasteiger charge is -2.07. The highest BCUT2D eigenvalue weighted by molar-refractivity contribution is 8.14. The van der Waals surface area contributed by atoms with Gasteiger partial charge in [-0.25, -0.2) is 4.79 Å². The molecule has 30 heavy (non-hydrogen) atoms. The van der Waals surface area contributed by atoms with Crippen LogP contribution < -0.4 is 9.47 Å². The predicted molar refractivity (Wildman–Crippen MR) is 120 cm³/mol. The highest BCUT2D eigenvalue weighted by Gasteiger charge is 2.11. The van der Waals surface area contributed by atoms with Gasteiger partial charge in [-0.2, -0.15) is 0 Å². The van der Waals surface area contributed by atoms with Gasteiger partial charge in [-0.05, 0) is 91.0 Å². The third-order valence-corrected chi connectivity index (χ3v) is 5.36. The summed E-state index contributed by atoms with van der Waals surface area (Å²) in [7, 11) is 0. The van der Waals surface area contributed by atoms with Crippen LogP contribution in [0, 0.1) is 0 Å². The Morgan fingerprint density at radius 3 is 2.07 bits per heavy atom. The van der Waals surface area contributed by atoms with Crippen LogP contribution in [0.5, 0.6) is 11.5 Å². The van der Waals surface area contributed by atoms with E-state index in [0.717, 1.165) is 35.2 Å². The van der Waals surface area contributed by atoms with E-state index < -0.39 is 5.97 Å². The molecule has 0 aromatic heterocycles. The number of rotatable bonds is 8. The van der Waals surface area contributed by atoms with Gasteiger partial charge in [0.15, 0.2) is 0 Å². The number of esters is 1. The molecule has 3 aromatic rings. The smallest absolute Gasteiger partial charge is 0.343 e. The summed E-state index contributed by atoms with van der Waals surface area (Å²) in [5.74, 6) is 0.627. The predicted octanol–water partition coefficient (Wildman–Crippen LogP) is 6.67. The van der Waals surface area contributed by atoms with Gasteiger partial charge in [-0.3, -0.25) is 4.79 Å². The summed E-state index contributed by atoms with van der Waals surface area (Å²) in [6.07, 6.45) is 2.05. The number of halogens is 1. The minimum Gasteiger partial charge on any atom is -0.494 e. The van der Waals surface area contributed by atoms with Gasteiger partial charge in [0.25, 0.3) is 0 Å². The third-order valence-electron chi connectivity index (χ3n) is 4.18. The van der Waals surface area contributed by atoms with Crippen molar-refractivity contribution in [2.75, 3.05) is 6.61 Å². The van der Waals surface area contributed by atoms with Crippen LogP contribution in [0.3, 0.4) is 0 Å². The van der Waals surface area contributed by atoms with Crippen molar-refractivity contribution in [1.82, 2.24) is 0 Å². The van der Waals surface area contributed by atoms with E-state index in [-0.39, 0.29) is 5.12 Å². The number of hydrogen-bond acceptors (Lipinski definition) is 5. The number of carbonyl (C=O) groups excluding carboxylic acids is 2. The lowest BCUT2D eigenvalue weighted by Crippen LogP contribution is -2.08. The molecule has 0 saturated carbocycles. The summed E-state index contributed by atoms with van der Waals surface area (Å²) < 4.78 is 11.0. The molecule has 3 rings (SSSR count). The third kappa shape index (κ3) is 6.37. The van der Waals surface area contributed by atoms with E-state index in [1.54, 1.807) is 72.8 Å². The van der Waals surface area contributed by atoms with Gasteiger partial charge in [0.1, 0.15) is 11.5 Å². The molecular formula is C24H21ClO4S. The van der Waals surface area contributed by atoms with Gasteiger partial charge >= 0.3 is 5.97 Å². The number of ether oxygens (including phenoxy) is 2. The van der Waals surface area contributed by atoms with Crippen molar-refractivity contribution < 1.29 is 19.1 Å². The summed E-state index contributed by atoms with van der Waals surface area (Å²) in [5, 5.41) is 0.519. The largest absolute Gasteiger partial charge is 0.494 e. The maximum atomic E-state index is 12.4. The maximum absolute atomic E-state index is 12.4. The molecule has 3 aromatic carbocycles. The van der Waals surface area contributed by atoms with Crippen LogP contribution in [-0.2, 0) is 0 Å². The first-order valence-electron chi connectivity index (χ1n) is 9.58. The van der Waals surface area contributed by atoms with E-state index in [0.29, 0.717) is 28.5 Å². The van der Waals surface area contributed by atoms with Crippen LogP contribution in [0.4, 0.5) is 0 Å². The molecule has 0 spiro atoms. The second-order valence-corrected chi connectivity index (χ2v) is 7.97. The molecule has 0 aliphatic heterocycles. The first-order chi connectivity index (χ1) is 14.5. The molecule has 0 amide bonds. The Morgan fingerprint density at radius 2 is 1.43 bits per heavy atom. The molecule has 0 aliphatic carbocycles. The standard InChI is InChI=1S/C24H21ClO4S/c1-2-3-16-28-20-10-4-17(5-11-20)23(26)29-21-12-6-18(7-13-21)24(27)30-22-14-8-19(25)9-15-22/h4-15H,2-3,16H2,1H3. The van der Waals surface area contributed by atoms with Crippen LogP contribution in [-0.4, -0.2) is 17.7 Å². The first-order valence-corrected chi connectivity index (χ1v) is 10.8. The number of hydrogen-bond donors (Lipinski definition) is 0. The Hall–Kier alpha value is -2.76. The minimum atomic E-state index is -0.468. The van der Waals surface area contributed by atoms with Crippen LogP contribution in [0.15, 0.2) is 77.7 Å². The second kappa shape index (κ2) is 10.9. The second-order valence-electron chi connectivity index (χ2n) is 6.48. The van der Waals surface area contributed by atoms with Crippen molar-refractivity contribution in [3.05, 3.63) is 88.9 Å². The van der Waals surface area contributed by atoms with E-state index in [9.17, 15) is 9.59 Å². The summed E-state index contributed by atoms with van der Waals surface area (Å²) in [6, 6.07) is 20.4. The van der Waals surface area contributed by atoms with E-state index in [4.69, 9.17) is 21.1 Å². The van der Waals surface area contributed by atoms with Crippen LogP contribution in [0.1, 0.15) is 40.5 Å². The van der Waals surface area contributed by atoms with Crippen LogP contribution in [0.2, 0.25) is 5.02 Å². The molecule has 0 bridgehead atoms. The zero-order valence-corrected chi connectivity index (χ0v) is 18.0. The van der Waals surface area contributed by atoms with Gasteiger partial charge in [-0.1, -0.05) is 24.9 Å². The Labute approximate surface area is 185 Å². The van der Waals surface area contributed by atoms with Crippen LogP contribution in [0.25, 0.3) is 0 Å². The average Bonchev–Trinajstić information content (AvgIpc) is 2.76. The molecule has 0 fully saturated rings. The number of unbranched alkanes of at least 4 members (excludes halogenated alkanes) is 1. The van der Waals surface area contributed by atoms with Crippen molar-refractivity contribution in [2.24, 2.45) is 0 Å². The highest BCUT2D eigenvalue weighted by atomic mass is 35.5. The molecule has 154 valence electrons. The fourth-order valence-corrected chi connectivity index (χ4v) is 3.38. The summed E-state index contributed by atoms with van der Waals surface area (Å²) in [4.78, 5) is 25.5. The molecule has 0 radical (unpaired) electrons. The number of benzene rings is 3. The lowest BCUT2D eigenvalue weighted by atomic mass is 10.2. The first kappa shape index (κ1) is 21.9. The SMILES string of the molecule is CCCCOc1ccc(C(=O)Oc2ccc(C(=O)Sc3ccc(Cl)cc3)cc2)cc1. The Morgan fingerprint density at radius 1 is 0.833 bits per heavy atom. The van der Waals surface area contributed by atoms with E-state index >= 15 is 0 Å². The van der Waals surface area contributed by atoms with Gasteiger partial charge in [0.05, 0.1) is 12.2 Å². The molecule has 0 atom stereocenters. The number of carbonyl (C=O) groups is 2. The zero-order valence-electron chi connectivity index (χ0n) is 16.5. The number of thioether (sulfide) groups is 1. The molecular weight excluding hydrogens is 420 g/mol. The van der Waals surface area contributed by atoms with E-state index in [1.807, 2.05) is 0 Å². The molecule has 0 unspecified atom stereocenters. The molecule has 0 heterocycles. The van der Waals surface area contributed by atoms with E-state index in [1.165, 1.54) is 0 Å². The van der Waals surface area contributed by atoms with Crippen molar-refractivity contribution in [3.63, 3.8) is 0 Å². The van der Waals surface area contributed by atoms with Crippen molar-refractivity contribution in [3.8, 4) is 11.5 Å². The fourth-order valence-electron chi connectivity index (χ4n) is 2.52. The van der Waals surface area contributed by atoms with Crippen molar-refractivity contribution in [1.29, 1.82) is 0 Å². The Bertz CT molecular complexity index is 983. The monoisotopic (exact) mass is 440 g/mol. The van der Waals surface area contributed by atoms with Gasteiger partial charge in [0.2, 0.25) is 5.12 Å². The summed E-state index contributed by atoms with van der Waals surface area (Å²) in [6.45, 7) is 2.76. The van der Waals surface area contributed by atoms with Gasteiger partial charge in [-0.15, -0.1) is 0 Å². The Kier molecular flexibility index (Phi) is 7.94. The normalized spacial score (nSPS) is 10.5. The fraction of sp³-hybridized carbons (Fsp3) is 0.167. The highest BCUT2D eigenvalue weighted by Crippen LogP contribution is 2.25. The molecule has 0 saturated heterocycles. The van der Waals surface area contributed by atoms with Gasteiger partial charge in [0, 0.05) is 15.5 Å². The Balaban J connectivity index is 1.56. The minimum absolute atomic E-state index is 0.103. The summed E-state index contributed by atoms with van der Waals surface area (Å²) in [5.41, 5.74) is 0.944. The van der Waals surface area contributed by atoms with Crippen LogP contribution >= 0.6 is 23.4 Å². The average molecular weight is 441 g/mol. The van der Waals surface area contributed by atoms with Crippen molar-refractivity contribution >= 4 is 34.4 Å². The van der Waals surface area contributed by atoms with Crippen molar-refractivity contribution in [2.45, 2.75) is 24.7 Å². The van der Waals surface area contributed by atoms with Gasteiger partial charge < -0.3 is 9.47 Å². The quantitative estimate of drug-likeness (QED) is 0.169. The molecule has 0 N–H and O–H groups in total. The zero-order chi connectivity index (χ0) is 21.3.